The summed E-state index contributed by atoms with van der Waals surface area (Å²) in [7, 11) is 0. The summed E-state index contributed by atoms with van der Waals surface area (Å²) in [6, 6.07) is 5.98. The van der Waals surface area contributed by atoms with E-state index in [9.17, 15) is 14.7 Å². The van der Waals surface area contributed by atoms with Crippen LogP contribution in [0.1, 0.15) is 26.6 Å². The van der Waals surface area contributed by atoms with Crippen molar-refractivity contribution in [3.8, 4) is 0 Å². The molecule has 6 nitrogen and oxygen atoms in total. The largest absolute Gasteiger partial charge is 0.545 e. The van der Waals surface area contributed by atoms with Gasteiger partial charge in [-0.3, -0.25) is 4.79 Å². The zero-order valence-electron chi connectivity index (χ0n) is 11.2. The van der Waals surface area contributed by atoms with Crippen molar-refractivity contribution in [2.24, 2.45) is 5.10 Å². The van der Waals surface area contributed by atoms with Crippen molar-refractivity contribution in [2.75, 3.05) is 0 Å². The van der Waals surface area contributed by atoms with E-state index in [1.807, 2.05) is 12.3 Å². The van der Waals surface area contributed by atoms with Gasteiger partial charge in [0.1, 0.15) is 5.01 Å². The van der Waals surface area contributed by atoms with Crippen molar-refractivity contribution in [1.82, 2.24) is 10.4 Å². The summed E-state index contributed by atoms with van der Waals surface area (Å²) in [4.78, 5) is 26.4. The predicted octanol–water partition coefficient (Wildman–Crippen LogP) is 0.508. The van der Waals surface area contributed by atoms with Crippen LogP contribution in [0.2, 0.25) is 0 Å². The second-order valence-electron chi connectivity index (χ2n) is 4.26. The minimum absolute atomic E-state index is 0.0929. The third-order valence-corrected chi connectivity index (χ3v) is 3.49. The van der Waals surface area contributed by atoms with Crippen molar-refractivity contribution in [1.29, 1.82) is 0 Å². The number of hydrazone groups is 1. The SMILES string of the molecule is Cc1csc(CC(=O)N/N=C\c2ccc(C(=O)[O-])cc2)n1. The number of carboxylic acid groups (broad SMARTS) is 1. The van der Waals surface area contributed by atoms with Crippen molar-refractivity contribution in [3.63, 3.8) is 0 Å². The third kappa shape index (κ3) is 4.50. The fourth-order valence-electron chi connectivity index (χ4n) is 1.54. The summed E-state index contributed by atoms with van der Waals surface area (Å²) >= 11 is 1.43. The fraction of sp³-hybridized carbons (Fsp3) is 0.143. The van der Waals surface area contributed by atoms with Crippen molar-refractivity contribution in [3.05, 3.63) is 51.5 Å². The summed E-state index contributed by atoms with van der Waals surface area (Å²) in [5, 5.41) is 17.0. The smallest absolute Gasteiger partial charge is 0.246 e. The lowest BCUT2D eigenvalue weighted by molar-refractivity contribution is -0.255. The van der Waals surface area contributed by atoms with E-state index < -0.39 is 5.97 Å². The number of benzene rings is 1. The fourth-order valence-corrected chi connectivity index (χ4v) is 2.32. The number of aromatic nitrogens is 1. The normalized spacial score (nSPS) is 10.7. The van der Waals surface area contributed by atoms with Crippen LogP contribution in [-0.4, -0.2) is 23.1 Å². The van der Waals surface area contributed by atoms with Crippen molar-refractivity contribution in [2.45, 2.75) is 13.3 Å². The van der Waals surface area contributed by atoms with E-state index in [0.29, 0.717) is 5.56 Å². The molecule has 0 aliphatic rings. The Morgan fingerprint density at radius 2 is 2.10 bits per heavy atom. The van der Waals surface area contributed by atoms with Crippen LogP contribution in [0.25, 0.3) is 0 Å². The van der Waals surface area contributed by atoms with Crippen molar-refractivity contribution < 1.29 is 14.7 Å². The minimum atomic E-state index is -1.23. The molecule has 0 radical (unpaired) electrons. The van der Waals surface area contributed by atoms with Gasteiger partial charge in [0.15, 0.2) is 0 Å². The monoisotopic (exact) mass is 302 g/mol. The lowest BCUT2D eigenvalue weighted by atomic mass is 10.1. The molecule has 108 valence electrons. The number of hydrogen-bond donors (Lipinski definition) is 1. The Hall–Kier alpha value is -2.54. The Morgan fingerprint density at radius 3 is 2.67 bits per heavy atom. The molecule has 21 heavy (non-hydrogen) atoms. The Bertz CT molecular complexity index is 677. The van der Waals surface area contributed by atoms with E-state index in [1.165, 1.54) is 29.7 Å². The standard InChI is InChI=1S/C14H13N3O3S/c1-9-8-21-13(16-9)6-12(18)17-15-7-10-2-4-11(5-3-10)14(19)20/h2-5,7-8H,6H2,1H3,(H,17,18)(H,19,20)/p-1/b15-7-. The molecule has 0 atom stereocenters. The number of amides is 1. The molecular weight excluding hydrogens is 290 g/mol. The van der Waals surface area contributed by atoms with Gasteiger partial charge >= 0.3 is 0 Å². The first-order valence-electron chi connectivity index (χ1n) is 6.09. The lowest BCUT2D eigenvalue weighted by Crippen LogP contribution is -2.22. The van der Waals surface area contributed by atoms with Crippen LogP contribution < -0.4 is 10.5 Å². The van der Waals surface area contributed by atoms with Crippen LogP contribution >= 0.6 is 11.3 Å². The highest BCUT2D eigenvalue weighted by Crippen LogP contribution is 2.08. The number of carbonyl (C=O) groups excluding carboxylic acids is 2. The van der Waals surface area contributed by atoms with Gasteiger partial charge < -0.3 is 9.90 Å². The first-order valence-corrected chi connectivity index (χ1v) is 6.97. The molecule has 2 rings (SSSR count). The number of rotatable bonds is 5. The molecule has 1 heterocycles. The average molecular weight is 302 g/mol. The molecule has 0 fully saturated rings. The summed E-state index contributed by atoms with van der Waals surface area (Å²) in [6.45, 7) is 1.87. The van der Waals surface area contributed by atoms with Gasteiger partial charge in [-0.15, -0.1) is 11.3 Å². The Labute approximate surface area is 125 Å². The first kappa shape index (κ1) is 14.9. The highest BCUT2D eigenvalue weighted by atomic mass is 32.1. The molecule has 0 saturated heterocycles. The maximum absolute atomic E-state index is 11.6. The number of carbonyl (C=O) groups is 2. The Balaban J connectivity index is 1.86. The van der Waals surface area contributed by atoms with Gasteiger partial charge in [0.05, 0.1) is 18.6 Å². The molecular formula is C14H12N3O3S-. The van der Waals surface area contributed by atoms with Crippen molar-refractivity contribution >= 4 is 29.4 Å². The molecule has 0 saturated carbocycles. The molecule has 1 N–H and O–H groups in total. The van der Waals surface area contributed by atoms with Gasteiger partial charge in [-0.1, -0.05) is 24.3 Å². The molecule has 0 spiro atoms. The Kier molecular flexibility index (Phi) is 4.78. The number of aromatic carboxylic acids is 1. The summed E-state index contributed by atoms with van der Waals surface area (Å²) in [5.74, 6) is -1.49. The molecule has 1 aromatic heterocycles. The number of carboxylic acids is 1. The zero-order chi connectivity index (χ0) is 15.2. The van der Waals surface area contributed by atoms with Crippen LogP contribution in [-0.2, 0) is 11.2 Å². The van der Waals surface area contributed by atoms with Crippen LogP contribution in [0.3, 0.4) is 0 Å². The molecule has 0 bridgehead atoms. The van der Waals surface area contributed by atoms with Gasteiger partial charge in [0.2, 0.25) is 5.91 Å². The average Bonchev–Trinajstić information content (AvgIpc) is 2.84. The summed E-state index contributed by atoms with van der Waals surface area (Å²) < 4.78 is 0. The van der Waals surface area contributed by atoms with Gasteiger partial charge in [-0.25, -0.2) is 10.4 Å². The van der Waals surface area contributed by atoms with Gasteiger partial charge in [0, 0.05) is 11.1 Å². The van der Waals surface area contributed by atoms with Gasteiger partial charge in [-0.05, 0) is 18.1 Å². The summed E-state index contributed by atoms with van der Waals surface area (Å²) in [6.07, 6.45) is 1.61. The molecule has 7 heteroatoms. The quantitative estimate of drug-likeness (QED) is 0.643. The van der Waals surface area contributed by atoms with E-state index in [4.69, 9.17) is 0 Å². The number of hydrogen-bond acceptors (Lipinski definition) is 6. The maximum atomic E-state index is 11.6. The van der Waals surface area contributed by atoms with E-state index in [0.717, 1.165) is 10.7 Å². The molecule has 1 aromatic carbocycles. The van der Waals surface area contributed by atoms with E-state index >= 15 is 0 Å². The minimum Gasteiger partial charge on any atom is -0.545 e. The van der Waals surface area contributed by atoms with Crippen LogP contribution in [0.4, 0.5) is 0 Å². The van der Waals surface area contributed by atoms with Crippen LogP contribution in [0.5, 0.6) is 0 Å². The number of nitrogens with zero attached hydrogens (tertiary/aromatic N) is 2. The predicted molar refractivity (Wildman–Crippen MR) is 77.1 cm³/mol. The molecule has 0 unspecified atom stereocenters. The maximum Gasteiger partial charge on any atom is 0.246 e. The highest BCUT2D eigenvalue weighted by Gasteiger charge is 2.05. The number of thiazole rings is 1. The second-order valence-corrected chi connectivity index (χ2v) is 5.20. The molecule has 0 aliphatic carbocycles. The van der Waals surface area contributed by atoms with Gasteiger partial charge in [0.25, 0.3) is 0 Å². The van der Waals surface area contributed by atoms with E-state index in [-0.39, 0.29) is 17.9 Å². The van der Waals surface area contributed by atoms with Crippen LogP contribution in [0, 0.1) is 6.92 Å². The third-order valence-electron chi connectivity index (χ3n) is 2.53. The first-order chi connectivity index (χ1) is 10.0. The number of aryl methyl sites for hydroxylation is 1. The molecule has 2 aromatic rings. The van der Waals surface area contributed by atoms with E-state index in [1.54, 1.807) is 12.1 Å². The molecule has 0 aliphatic heterocycles. The highest BCUT2D eigenvalue weighted by molar-refractivity contribution is 7.09. The second kappa shape index (κ2) is 6.76. The van der Waals surface area contributed by atoms with Gasteiger partial charge in [-0.2, -0.15) is 5.10 Å². The lowest BCUT2D eigenvalue weighted by Gasteiger charge is -2.01. The Morgan fingerprint density at radius 1 is 1.38 bits per heavy atom. The zero-order valence-corrected chi connectivity index (χ0v) is 12.0. The van der Waals surface area contributed by atoms with E-state index in [2.05, 4.69) is 15.5 Å². The number of nitrogens with one attached hydrogen (secondary N) is 1. The topological polar surface area (TPSA) is 94.5 Å². The summed E-state index contributed by atoms with van der Waals surface area (Å²) in [5.41, 5.74) is 4.05. The van der Waals surface area contributed by atoms with Crippen LogP contribution in [0.15, 0.2) is 34.7 Å². The molecule has 1 amide bonds.